The minimum atomic E-state index is -0.228. The topological polar surface area (TPSA) is 38.3 Å². The van der Waals surface area contributed by atoms with Crippen molar-refractivity contribution in [2.45, 2.75) is 12.5 Å². The third kappa shape index (κ3) is 2.96. The zero-order chi connectivity index (χ0) is 12.3. The van der Waals surface area contributed by atoms with Crippen LogP contribution in [0.2, 0.25) is 0 Å². The molecule has 4 heteroatoms. The van der Waals surface area contributed by atoms with Gasteiger partial charge in [0.15, 0.2) is 0 Å². The first kappa shape index (κ1) is 12.3. The zero-order valence-corrected chi connectivity index (χ0v) is 11.2. The average molecular weight is 296 g/mol. The molecule has 0 saturated carbocycles. The molecular formula is C13H14BrNO2. The molecule has 0 saturated heterocycles. The minimum absolute atomic E-state index is 0.0888. The van der Waals surface area contributed by atoms with Gasteiger partial charge in [-0.3, -0.25) is 0 Å². The van der Waals surface area contributed by atoms with Crippen LogP contribution in [0.25, 0.3) is 0 Å². The van der Waals surface area contributed by atoms with Gasteiger partial charge in [0.2, 0.25) is 0 Å². The number of esters is 1. The fourth-order valence-corrected chi connectivity index (χ4v) is 2.16. The summed E-state index contributed by atoms with van der Waals surface area (Å²) in [6, 6.07) is 8.16. The largest absolute Gasteiger partial charge is 0.466 e. The standard InChI is InChI=1S/C13H14BrNO2/c1-17-13(16)10-6-7-15-12(8-10)9-2-4-11(14)5-3-9/h2-5,8,12,15H,6-7H2,1H3. The number of carbonyl (C=O) groups excluding carboxylic acids is 1. The minimum Gasteiger partial charge on any atom is -0.466 e. The van der Waals surface area contributed by atoms with E-state index < -0.39 is 0 Å². The summed E-state index contributed by atoms with van der Waals surface area (Å²) in [5.74, 6) is -0.228. The highest BCUT2D eigenvalue weighted by Crippen LogP contribution is 2.23. The highest BCUT2D eigenvalue weighted by Gasteiger charge is 2.19. The molecule has 1 heterocycles. The van der Waals surface area contributed by atoms with Crippen molar-refractivity contribution in [1.29, 1.82) is 0 Å². The molecule has 17 heavy (non-hydrogen) atoms. The van der Waals surface area contributed by atoms with Crippen molar-refractivity contribution in [1.82, 2.24) is 5.32 Å². The van der Waals surface area contributed by atoms with Gasteiger partial charge < -0.3 is 10.1 Å². The number of ether oxygens (including phenoxy) is 1. The Balaban J connectivity index is 2.21. The first-order valence-electron chi connectivity index (χ1n) is 5.48. The summed E-state index contributed by atoms with van der Waals surface area (Å²) in [5, 5.41) is 3.36. The van der Waals surface area contributed by atoms with Crippen molar-refractivity contribution < 1.29 is 9.53 Å². The molecule has 1 unspecified atom stereocenters. The number of hydrogen-bond acceptors (Lipinski definition) is 3. The van der Waals surface area contributed by atoms with Crippen LogP contribution in [0.4, 0.5) is 0 Å². The normalized spacial score (nSPS) is 19.6. The second-order valence-electron chi connectivity index (χ2n) is 3.92. The lowest BCUT2D eigenvalue weighted by atomic mass is 9.99. The van der Waals surface area contributed by atoms with Gasteiger partial charge in [0.05, 0.1) is 13.2 Å². The van der Waals surface area contributed by atoms with Crippen LogP contribution in [0.1, 0.15) is 18.0 Å². The summed E-state index contributed by atoms with van der Waals surface area (Å²) >= 11 is 3.41. The molecule has 1 aromatic rings. The zero-order valence-electron chi connectivity index (χ0n) is 9.57. The van der Waals surface area contributed by atoms with Crippen LogP contribution in [0.3, 0.4) is 0 Å². The number of hydrogen-bond donors (Lipinski definition) is 1. The molecular weight excluding hydrogens is 282 g/mol. The number of halogens is 1. The Morgan fingerprint density at radius 3 is 2.76 bits per heavy atom. The second kappa shape index (κ2) is 5.47. The Kier molecular flexibility index (Phi) is 3.97. The van der Waals surface area contributed by atoms with E-state index in [0.717, 1.165) is 28.6 Å². The molecule has 0 fully saturated rings. The molecule has 0 spiro atoms. The quantitative estimate of drug-likeness (QED) is 0.853. The second-order valence-corrected chi connectivity index (χ2v) is 4.83. The molecule has 1 atom stereocenters. The van der Waals surface area contributed by atoms with E-state index in [1.54, 1.807) is 0 Å². The van der Waals surface area contributed by atoms with Crippen molar-refractivity contribution in [3.63, 3.8) is 0 Å². The van der Waals surface area contributed by atoms with Crippen molar-refractivity contribution in [2.24, 2.45) is 0 Å². The highest BCUT2D eigenvalue weighted by molar-refractivity contribution is 9.10. The summed E-state index contributed by atoms with van der Waals surface area (Å²) in [5.41, 5.74) is 1.90. The molecule has 0 amide bonds. The molecule has 2 rings (SSSR count). The van der Waals surface area contributed by atoms with Crippen LogP contribution in [0, 0.1) is 0 Å². The van der Waals surface area contributed by atoms with Crippen molar-refractivity contribution in [3.05, 3.63) is 46.0 Å². The Morgan fingerprint density at radius 1 is 1.41 bits per heavy atom. The summed E-state index contributed by atoms with van der Waals surface area (Å²) < 4.78 is 5.80. The molecule has 0 aliphatic carbocycles. The molecule has 0 bridgehead atoms. The van der Waals surface area contributed by atoms with E-state index in [2.05, 4.69) is 21.2 Å². The fourth-order valence-electron chi connectivity index (χ4n) is 1.89. The maximum Gasteiger partial charge on any atom is 0.333 e. The summed E-state index contributed by atoms with van der Waals surface area (Å²) in [6.45, 7) is 0.793. The molecule has 90 valence electrons. The van der Waals surface area contributed by atoms with Crippen LogP contribution in [-0.2, 0) is 9.53 Å². The Morgan fingerprint density at radius 2 is 2.12 bits per heavy atom. The number of carbonyl (C=O) groups is 1. The van der Waals surface area contributed by atoms with E-state index in [1.807, 2.05) is 30.3 Å². The summed E-state index contributed by atoms with van der Waals surface area (Å²) in [7, 11) is 1.42. The predicted octanol–water partition coefficient (Wildman–Crippen LogP) is 2.58. The summed E-state index contributed by atoms with van der Waals surface area (Å²) in [4.78, 5) is 11.5. The van der Waals surface area contributed by atoms with E-state index in [9.17, 15) is 4.79 Å². The van der Waals surface area contributed by atoms with Crippen molar-refractivity contribution >= 4 is 21.9 Å². The first-order chi connectivity index (χ1) is 8.20. The molecule has 3 nitrogen and oxygen atoms in total. The number of methoxy groups -OCH3 is 1. The Bertz CT molecular complexity index is 439. The molecule has 1 N–H and O–H groups in total. The van der Waals surface area contributed by atoms with Crippen LogP contribution < -0.4 is 5.32 Å². The molecule has 1 aromatic carbocycles. The monoisotopic (exact) mass is 295 g/mol. The lowest BCUT2D eigenvalue weighted by molar-refractivity contribution is -0.136. The number of rotatable bonds is 2. The highest BCUT2D eigenvalue weighted by atomic mass is 79.9. The predicted molar refractivity (Wildman–Crippen MR) is 69.6 cm³/mol. The lowest BCUT2D eigenvalue weighted by Crippen LogP contribution is -2.27. The number of nitrogens with one attached hydrogen (secondary N) is 1. The maximum atomic E-state index is 11.5. The van der Waals surface area contributed by atoms with Gasteiger partial charge in [-0.2, -0.15) is 0 Å². The first-order valence-corrected chi connectivity index (χ1v) is 6.28. The third-order valence-corrected chi connectivity index (χ3v) is 3.33. The van der Waals surface area contributed by atoms with Gasteiger partial charge in [0, 0.05) is 16.6 Å². The smallest absolute Gasteiger partial charge is 0.333 e. The summed E-state index contributed by atoms with van der Waals surface area (Å²) in [6.07, 6.45) is 2.66. The van der Waals surface area contributed by atoms with Crippen molar-refractivity contribution in [2.75, 3.05) is 13.7 Å². The molecule has 0 radical (unpaired) electrons. The van der Waals surface area contributed by atoms with E-state index in [1.165, 1.54) is 7.11 Å². The fraction of sp³-hybridized carbons (Fsp3) is 0.308. The van der Waals surface area contributed by atoms with Crippen LogP contribution in [0.5, 0.6) is 0 Å². The van der Waals surface area contributed by atoms with Gasteiger partial charge in [-0.15, -0.1) is 0 Å². The van der Waals surface area contributed by atoms with Gasteiger partial charge in [-0.25, -0.2) is 4.79 Å². The van der Waals surface area contributed by atoms with Gasteiger partial charge in [-0.05, 0) is 24.1 Å². The van der Waals surface area contributed by atoms with E-state index in [4.69, 9.17) is 4.74 Å². The number of benzene rings is 1. The van der Waals surface area contributed by atoms with E-state index in [0.29, 0.717) is 0 Å². The van der Waals surface area contributed by atoms with Crippen LogP contribution >= 0.6 is 15.9 Å². The van der Waals surface area contributed by atoms with Crippen LogP contribution in [-0.4, -0.2) is 19.6 Å². The average Bonchev–Trinajstić information content (AvgIpc) is 2.39. The van der Waals surface area contributed by atoms with Gasteiger partial charge in [-0.1, -0.05) is 34.1 Å². The maximum absolute atomic E-state index is 11.5. The molecule has 0 aromatic heterocycles. The SMILES string of the molecule is COC(=O)C1=CC(c2ccc(Br)cc2)NCC1. The van der Waals surface area contributed by atoms with Crippen LogP contribution in [0.15, 0.2) is 40.4 Å². The van der Waals surface area contributed by atoms with E-state index >= 15 is 0 Å². The lowest BCUT2D eigenvalue weighted by Gasteiger charge is -2.22. The molecule has 1 aliphatic heterocycles. The van der Waals surface area contributed by atoms with E-state index in [-0.39, 0.29) is 12.0 Å². The van der Waals surface area contributed by atoms with Gasteiger partial charge >= 0.3 is 5.97 Å². The van der Waals surface area contributed by atoms with Gasteiger partial charge in [0.25, 0.3) is 0 Å². The Hall–Kier alpha value is -1.13. The van der Waals surface area contributed by atoms with Gasteiger partial charge in [0.1, 0.15) is 0 Å². The van der Waals surface area contributed by atoms with Crippen molar-refractivity contribution in [3.8, 4) is 0 Å². The third-order valence-electron chi connectivity index (χ3n) is 2.80. The molecule has 1 aliphatic rings. The Labute approximate surface area is 109 Å².